The normalized spacial score (nSPS) is 47.5. The number of hydrogen-bond donors (Lipinski definition) is 1. The number of allylic oxidation sites excluding steroid dienone is 1. The summed E-state index contributed by atoms with van der Waals surface area (Å²) in [6.07, 6.45) is 8.34. The van der Waals surface area contributed by atoms with Gasteiger partial charge in [0.15, 0.2) is 5.78 Å². The lowest BCUT2D eigenvalue weighted by atomic mass is 9.50. The Kier molecular flexibility index (Phi) is 3.34. The fraction of sp³-hybridized carbons (Fsp3) is 0.789. The molecule has 0 bridgehead atoms. The SMILES string of the molecule is CC[C@@]12C[C@@H](O)[C@H]3[C@@H](CCC4=CC(=O)CC[C@@H]43)[C@@H]1CCC2=O. The molecule has 0 radical (unpaired) electrons. The molecule has 0 aromatic carbocycles. The Morgan fingerprint density at radius 3 is 2.77 bits per heavy atom. The Hall–Kier alpha value is -0.960. The number of hydrogen-bond acceptors (Lipinski definition) is 3. The Bertz CT molecular complexity index is 549. The van der Waals surface area contributed by atoms with E-state index in [9.17, 15) is 14.7 Å². The topological polar surface area (TPSA) is 54.4 Å². The van der Waals surface area contributed by atoms with Gasteiger partial charge in [-0.05, 0) is 68.3 Å². The van der Waals surface area contributed by atoms with Crippen LogP contribution in [0.4, 0.5) is 0 Å². The van der Waals surface area contributed by atoms with Crippen LogP contribution in [0.3, 0.4) is 0 Å². The van der Waals surface area contributed by atoms with Crippen molar-refractivity contribution in [3.63, 3.8) is 0 Å². The summed E-state index contributed by atoms with van der Waals surface area (Å²) in [6.45, 7) is 2.12. The van der Waals surface area contributed by atoms with E-state index in [-0.39, 0.29) is 23.2 Å². The van der Waals surface area contributed by atoms with E-state index in [1.165, 1.54) is 5.57 Å². The molecule has 0 spiro atoms. The molecule has 3 heteroatoms. The van der Waals surface area contributed by atoms with Crippen LogP contribution >= 0.6 is 0 Å². The van der Waals surface area contributed by atoms with E-state index in [1.54, 1.807) is 0 Å². The number of aliphatic hydroxyl groups is 1. The summed E-state index contributed by atoms with van der Waals surface area (Å²) >= 11 is 0. The highest BCUT2D eigenvalue weighted by Crippen LogP contribution is 2.61. The Morgan fingerprint density at radius 1 is 1.18 bits per heavy atom. The maximum absolute atomic E-state index is 12.5. The molecule has 4 aliphatic rings. The molecule has 3 saturated carbocycles. The first-order chi connectivity index (χ1) is 10.6. The van der Waals surface area contributed by atoms with Crippen molar-refractivity contribution in [2.45, 2.75) is 64.4 Å². The van der Waals surface area contributed by atoms with Crippen molar-refractivity contribution < 1.29 is 14.7 Å². The summed E-state index contributed by atoms with van der Waals surface area (Å²) in [5, 5.41) is 10.9. The van der Waals surface area contributed by atoms with Gasteiger partial charge in [-0.25, -0.2) is 0 Å². The van der Waals surface area contributed by atoms with E-state index in [2.05, 4.69) is 6.92 Å². The number of aliphatic hydroxyl groups excluding tert-OH is 1. The number of rotatable bonds is 1. The lowest BCUT2D eigenvalue weighted by Gasteiger charge is -2.54. The summed E-state index contributed by atoms with van der Waals surface area (Å²) in [4.78, 5) is 24.2. The lowest BCUT2D eigenvalue weighted by Crippen LogP contribution is -2.54. The van der Waals surface area contributed by atoms with Gasteiger partial charge in [-0.2, -0.15) is 0 Å². The minimum atomic E-state index is -0.370. The van der Waals surface area contributed by atoms with Gasteiger partial charge in [0, 0.05) is 18.3 Å². The zero-order valence-electron chi connectivity index (χ0n) is 13.4. The van der Waals surface area contributed by atoms with Crippen LogP contribution in [0.25, 0.3) is 0 Å². The molecule has 3 fully saturated rings. The summed E-state index contributed by atoms with van der Waals surface area (Å²) in [5.74, 6) is 2.27. The van der Waals surface area contributed by atoms with E-state index in [0.29, 0.717) is 42.8 Å². The fourth-order valence-corrected chi connectivity index (χ4v) is 6.43. The highest BCUT2D eigenvalue weighted by molar-refractivity contribution is 5.91. The van der Waals surface area contributed by atoms with Crippen LogP contribution in [0.2, 0.25) is 0 Å². The van der Waals surface area contributed by atoms with Crippen LogP contribution in [0.1, 0.15) is 58.3 Å². The van der Waals surface area contributed by atoms with E-state index >= 15 is 0 Å². The molecule has 0 unspecified atom stereocenters. The highest BCUT2D eigenvalue weighted by atomic mass is 16.3. The summed E-state index contributed by atoms with van der Waals surface area (Å²) in [7, 11) is 0. The zero-order chi connectivity index (χ0) is 15.5. The molecular formula is C19H26O3. The molecule has 0 aromatic heterocycles. The molecule has 4 rings (SSSR count). The maximum Gasteiger partial charge on any atom is 0.155 e. The molecule has 0 aromatic rings. The quantitative estimate of drug-likeness (QED) is 0.810. The van der Waals surface area contributed by atoms with Crippen LogP contribution < -0.4 is 0 Å². The maximum atomic E-state index is 12.5. The van der Waals surface area contributed by atoms with Crippen molar-refractivity contribution in [1.82, 2.24) is 0 Å². The molecule has 22 heavy (non-hydrogen) atoms. The minimum absolute atomic E-state index is 0.244. The van der Waals surface area contributed by atoms with Gasteiger partial charge >= 0.3 is 0 Å². The van der Waals surface area contributed by atoms with Crippen molar-refractivity contribution in [3.05, 3.63) is 11.6 Å². The van der Waals surface area contributed by atoms with Gasteiger partial charge in [-0.1, -0.05) is 12.5 Å². The van der Waals surface area contributed by atoms with Gasteiger partial charge in [0.05, 0.1) is 6.10 Å². The summed E-state index contributed by atoms with van der Waals surface area (Å²) in [5.41, 5.74) is 1.04. The van der Waals surface area contributed by atoms with Crippen LogP contribution in [0.15, 0.2) is 11.6 Å². The highest BCUT2D eigenvalue weighted by Gasteiger charge is 2.60. The summed E-state index contributed by atoms with van der Waals surface area (Å²) < 4.78 is 0. The predicted octanol–water partition coefficient (Wildman–Crippen LogP) is 3.06. The van der Waals surface area contributed by atoms with Crippen molar-refractivity contribution >= 4 is 11.6 Å². The second kappa shape index (κ2) is 5.02. The molecule has 6 atom stereocenters. The van der Waals surface area contributed by atoms with Gasteiger partial charge in [0.2, 0.25) is 0 Å². The average molecular weight is 302 g/mol. The molecule has 1 N–H and O–H groups in total. The molecule has 0 saturated heterocycles. The second-order valence-electron chi connectivity index (χ2n) is 7.96. The standard InChI is InChI=1S/C19H26O3/c1-2-19-10-16(21)18-13-6-4-12(20)9-11(13)3-5-14(18)15(19)7-8-17(19)22/h9,13-16,18,21H,2-8,10H2,1H3/t13-,14-,15-,16+,18+,19+/m0/s1. The van der Waals surface area contributed by atoms with Crippen LogP contribution in [-0.2, 0) is 9.59 Å². The Labute approximate surface area is 132 Å². The van der Waals surface area contributed by atoms with Crippen molar-refractivity contribution in [2.75, 3.05) is 0 Å². The smallest absolute Gasteiger partial charge is 0.155 e. The monoisotopic (exact) mass is 302 g/mol. The van der Waals surface area contributed by atoms with Crippen LogP contribution in [-0.4, -0.2) is 22.8 Å². The van der Waals surface area contributed by atoms with Crippen molar-refractivity contribution in [3.8, 4) is 0 Å². The minimum Gasteiger partial charge on any atom is -0.393 e. The molecule has 120 valence electrons. The number of carbonyl (C=O) groups is 2. The predicted molar refractivity (Wildman–Crippen MR) is 83.1 cm³/mol. The number of carbonyl (C=O) groups excluding carboxylic acids is 2. The van der Waals surface area contributed by atoms with Crippen LogP contribution in [0.5, 0.6) is 0 Å². The van der Waals surface area contributed by atoms with Gasteiger partial charge in [-0.15, -0.1) is 0 Å². The lowest BCUT2D eigenvalue weighted by molar-refractivity contribution is -0.143. The number of fused-ring (bicyclic) bond motifs is 5. The van der Waals surface area contributed by atoms with Gasteiger partial charge in [-0.3, -0.25) is 9.59 Å². The first kappa shape index (κ1) is 14.6. The van der Waals surface area contributed by atoms with Crippen LogP contribution in [0, 0.1) is 29.1 Å². The molecule has 0 heterocycles. The molecule has 3 nitrogen and oxygen atoms in total. The molecule has 0 aliphatic heterocycles. The second-order valence-corrected chi connectivity index (χ2v) is 7.96. The average Bonchev–Trinajstić information content (AvgIpc) is 2.84. The van der Waals surface area contributed by atoms with Crippen molar-refractivity contribution in [2.24, 2.45) is 29.1 Å². The molecule has 0 amide bonds. The van der Waals surface area contributed by atoms with E-state index < -0.39 is 0 Å². The van der Waals surface area contributed by atoms with E-state index in [1.807, 2.05) is 6.08 Å². The van der Waals surface area contributed by atoms with E-state index in [4.69, 9.17) is 0 Å². The first-order valence-corrected chi connectivity index (χ1v) is 9.01. The van der Waals surface area contributed by atoms with Gasteiger partial charge in [0.25, 0.3) is 0 Å². The molecular weight excluding hydrogens is 276 g/mol. The zero-order valence-corrected chi connectivity index (χ0v) is 13.4. The number of ketones is 2. The van der Waals surface area contributed by atoms with E-state index in [0.717, 1.165) is 32.1 Å². The Morgan fingerprint density at radius 2 is 2.00 bits per heavy atom. The summed E-state index contributed by atoms with van der Waals surface area (Å²) in [6, 6.07) is 0. The van der Waals surface area contributed by atoms with Gasteiger partial charge < -0.3 is 5.11 Å². The first-order valence-electron chi connectivity index (χ1n) is 9.01. The number of Topliss-reactive ketones (excluding diaryl/α,β-unsaturated/α-hetero) is 1. The molecule has 4 aliphatic carbocycles. The fourth-order valence-electron chi connectivity index (χ4n) is 6.43. The largest absolute Gasteiger partial charge is 0.393 e. The third kappa shape index (κ3) is 1.84. The Balaban J connectivity index is 1.70. The van der Waals surface area contributed by atoms with Crippen molar-refractivity contribution in [1.29, 1.82) is 0 Å². The third-order valence-electron chi connectivity index (χ3n) is 7.36. The van der Waals surface area contributed by atoms with Gasteiger partial charge in [0.1, 0.15) is 5.78 Å². The third-order valence-corrected chi connectivity index (χ3v) is 7.36.